The van der Waals surface area contributed by atoms with Gasteiger partial charge in [-0.3, -0.25) is 0 Å². The van der Waals surface area contributed by atoms with E-state index in [1.807, 2.05) is 0 Å². The van der Waals surface area contributed by atoms with Gasteiger partial charge in [-0.2, -0.15) is 0 Å². The molecule has 1 aliphatic rings. The van der Waals surface area contributed by atoms with Crippen molar-refractivity contribution in [1.29, 1.82) is 0 Å². The molecule has 0 spiro atoms. The van der Waals surface area contributed by atoms with E-state index in [4.69, 9.17) is 14.3 Å². The number of furan rings is 1. The number of hydrogen-bond acceptors (Lipinski definition) is 3. The summed E-state index contributed by atoms with van der Waals surface area (Å²) in [5.41, 5.74) is 0.650. The molecule has 16 heavy (non-hydrogen) atoms. The number of carboxylic acid groups (broad SMARTS) is 1. The van der Waals surface area contributed by atoms with Crippen molar-refractivity contribution < 1.29 is 19.1 Å². The normalized spacial score (nSPS) is 16.8. The summed E-state index contributed by atoms with van der Waals surface area (Å²) in [6.45, 7) is 2.10. The topological polar surface area (TPSA) is 59.7 Å². The Morgan fingerprint density at radius 2 is 2.25 bits per heavy atom. The van der Waals surface area contributed by atoms with E-state index in [0.717, 1.165) is 12.8 Å². The zero-order valence-electron chi connectivity index (χ0n) is 9.36. The molecule has 0 saturated heterocycles. The van der Waals surface area contributed by atoms with E-state index in [0.29, 0.717) is 24.0 Å². The molecule has 2 rings (SSSR count). The molecule has 4 heteroatoms. The summed E-state index contributed by atoms with van der Waals surface area (Å²) >= 11 is 0. The number of rotatable bonds is 4. The quantitative estimate of drug-likeness (QED) is 0.854. The highest BCUT2D eigenvalue weighted by atomic mass is 16.5. The monoisotopic (exact) mass is 224 g/mol. The van der Waals surface area contributed by atoms with Crippen molar-refractivity contribution in [2.45, 2.75) is 45.3 Å². The fourth-order valence-electron chi connectivity index (χ4n) is 2.09. The minimum absolute atomic E-state index is 0.0185. The van der Waals surface area contributed by atoms with Crippen LogP contribution in [0, 0.1) is 6.92 Å². The van der Waals surface area contributed by atoms with Gasteiger partial charge in [-0.1, -0.05) is 12.8 Å². The molecule has 88 valence electrons. The Hall–Kier alpha value is -1.29. The maximum absolute atomic E-state index is 10.8. The summed E-state index contributed by atoms with van der Waals surface area (Å²) in [6.07, 6.45) is 4.97. The lowest BCUT2D eigenvalue weighted by Crippen LogP contribution is -2.06. The minimum atomic E-state index is -1.02. The van der Waals surface area contributed by atoms with Crippen LogP contribution in [-0.4, -0.2) is 17.2 Å². The number of aromatic carboxylic acids is 1. The number of hydrogen-bond donors (Lipinski definition) is 1. The SMILES string of the molecule is Cc1cc(COC2CCCC2)oc1C(=O)O. The summed E-state index contributed by atoms with van der Waals surface area (Å²) in [4.78, 5) is 10.8. The van der Waals surface area contributed by atoms with Crippen molar-refractivity contribution in [2.24, 2.45) is 0 Å². The second-order valence-corrected chi connectivity index (χ2v) is 4.25. The molecule has 1 fully saturated rings. The smallest absolute Gasteiger partial charge is 0.372 e. The van der Waals surface area contributed by atoms with Crippen LogP contribution in [0.5, 0.6) is 0 Å². The lowest BCUT2D eigenvalue weighted by Gasteiger charge is -2.08. The van der Waals surface area contributed by atoms with Crippen LogP contribution >= 0.6 is 0 Å². The van der Waals surface area contributed by atoms with Gasteiger partial charge in [0, 0.05) is 5.56 Å². The minimum Gasteiger partial charge on any atom is -0.475 e. The first kappa shape index (κ1) is 11.2. The van der Waals surface area contributed by atoms with E-state index in [1.54, 1.807) is 13.0 Å². The zero-order chi connectivity index (χ0) is 11.5. The van der Waals surface area contributed by atoms with Gasteiger partial charge in [0.25, 0.3) is 0 Å². The van der Waals surface area contributed by atoms with Crippen molar-refractivity contribution in [2.75, 3.05) is 0 Å². The van der Waals surface area contributed by atoms with Crippen molar-refractivity contribution in [3.63, 3.8) is 0 Å². The van der Waals surface area contributed by atoms with Gasteiger partial charge >= 0.3 is 5.97 Å². The molecule has 0 bridgehead atoms. The van der Waals surface area contributed by atoms with Crippen LogP contribution in [0.2, 0.25) is 0 Å². The average Bonchev–Trinajstić information content (AvgIpc) is 2.83. The Balaban J connectivity index is 1.94. The van der Waals surface area contributed by atoms with E-state index < -0.39 is 5.97 Å². The summed E-state index contributed by atoms with van der Waals surface area (Å²) in [6, 6.07) is 1.73. The lowest BCUT2D eigenvalue weighted by molar-refractivity contribution is 0.0344. The van der Waals surface area contributed by atoms with E-state index in [1.165, 1.54) is 12.8 Å². The molecule has 0 amide bonds. The van der Waals surface area contributed by atoms with Gasteiger partial charge < -0.3 is 14.3 Å². The molecule has 1 N–H and O–H groups in total. The zero-order valence-corrected chi connectivity index (χ0v) is 9.36. The molecule has 0 radical (unpaired) electrons. The van der Waals surface area contributed by atoms with Crippen molar-refractivity contribution in [3.05, 3.63) is 23.2 Å². The van der Waals surface area contributed by atoms with Crippen LogP contribution in [0.4, 0.5) is 0 Å². The Morgan fingerprint density at radius 3 is 2.81 bits per heavy atom. The standard InChI is InChI=1S/C12H16O4/c1-8-6-10(16-11(8)12(13)14)7-15-9-4-2-3-5-9/h6,9H,2-5,7H2,1H3,(H,13,14). The molecule has 4 nitrogen and oxygen atoms in total. The summed E-state index contributed by atoms with van der Waals surface area (Å²) in [5.74, 6) is -0.406. The highest BCUT2D eigenvalue weighted by Gasteiger charge is 2.18. The molecule has 1 aromatic rings. The molecule has 1 heterocycles. The molecule has 0 aromatic carbocycles. The number of carboxylic acids is 1. The first-order valence-corrected chi connectivity index (χ1v) is 5.61. The Kier molecular flexibility index (Phi) is 3.29. The fourth-order valence-corrected chi connectivity index (χ4v) is 2.09. The Morgan fingerprint density at radius 1 is 1.56 bits per heavy atom. The molecule has 1 saturated carbocycles. The highest BCUT2D eigenvalue weighted by Crippen LogP contribution is 2.23. The molecule has 1 aromatic heterocycles. The summed E-state index contributed by atoms with van der Waals surface area (Å²) in [7, 11) is 0. The third-order valence-electron chi connectivity index (χ3n) is 2.93. The van der Waals surface area contributed by atoms with Crippen LogP contribution in [0.15, 0.2) is 10.5 Å². The molecule has 0 aliphatic heterocycles. The first-order valence-electron chi connectivity index (χ1n) is 5.61. The van der Waals surface area contributed by atoms with E-state index in [2.05, 4.69) is 0 Å². The van der Waals surface area contributed by atoms with Crippen molar-refractivity contribution in [3.8, 4) is 0 Å². The molecule has 1 aliphatic carbocycles. The average molecular weight is 224 g/mol. The van der Waals surface area contributed by atoms with Gasteiger partial charge in [0.15, 0.2) is 0 Å². The largest absolute Gasteiger partial charge is 0.475 e. The van der Waals surface area contributed by atoms with Crippen LogP contribution in [0.25, 0.3) is 0 Å². The number of carbonyl (C=O) groups is 1. The third kappa shape index (κ3) is 2.44. The highest BCUT2D eigenvalue weighted by molar-refractivity contribution is 5.86. The van der Waals surface area contributed by atoms with Gasteiger partial charge in [0.1, 0.15) is 12.4 Å². The van der Waals surface area contributed by atoms with Crippen LogP contribution in [0.3, 0.4) is 0 Å². The van der Waals surface area contributed by atoms with Crippen molar-refractivity contribution in [1.82, 2.24) is 0 Å². The molecule has 0 unspecified atom stereocenters. The van der Waals surface area contributed by atoms with E-state index in [-0.39, 0.29) is 5.76 Å². The summed E-state index contributed by atoms with van der Waals surface area (Å²) in [5, 5.41) is 8.82. The second-order valence-electron chi connectivity index (χ2n) is 4.25. The number of aryl methyl sites for hydroxylation is 1. The van der Waals surface area contributed by atoms with Gasteiger partial charge in [0.05, 0.1) is 6.10 Å². The van der Waals surface area contributed by atoms with Gasteiger partial charge in [0.2, 0.25) is 5.76 Å². The van der Waals surface area contributed by atoms with Crippen LogP contribution in [-0.2, 0) is 11.3 Å². The van der Waals surface area contributed by atoms with Gasteiger partial charge in [-0.25, -0.2) is 4.79 Å². The third-order valence-corrected chi connectivity index (χ3v) is 2.93. The molecular formula is C12H16O4. The van der Waals surface area contributed by atoms with E-state index >= 15 is 0 Å². The predicted molar refractivity (Wildman–Crippen MR) is 57.4 cm³/mol. The maximum atomic E-state index is 10.8. The van der Waals surface area contributed by atoms with Crippen molar-refractivity contribution >= 4 is 5.97 Å². The van der Waals surface area contributed by atoms with Crippen LogP contribution in [0.1, 0.15) is 47.6 Å². The number of ether oxygens (including phenoxy) is 1. The second kappa shape index (κ2) is 4.70. The Labute approximate surface area is 94.2 Å². The predicted octanol–water partition coefficient (Wildman–Crippen LogP) is 2.75. The van der Waals surface area contributed by atoms with Gasteiger partial charge in [-0.05, 0) is 25.8 Å². The fraction of sp³-hybridized carbons (Fsp3) is 0.583. The van der Waals surface area contributed by atoms with Crippen LogP contribution < -0.4 is 0 Å². The first-order chi connectivity index (χ1) is 7.66. The lowest BCUT2D eigenvalue weighted by atomic mass is 10.2. The molecule has 0 atom stereocenters. The van der Waals surface area contributed by atoms with E-state index in [9.17, 15) is 4.79 Å². The molecular weight excluding hydrogens is 208 g/mol. The maximum Gasteiger partial charge on any atom is 0.372 e. The summed E-state index contributed by atoms with van der Waals surface area (Å²) < 4.78 is 10.9. The Bertz CT molecular complexity index is 374. The van der Waals surface area contributed by atoms with Gasteiger partial charge in [-0.15, -0.1) is 0 Å².